The number of methoxy groups -OCH3 is 1. The highest BCUT2D eigenvalue weighted by molar-refractivity contribution is 7.11. The second-order valence-electron chi connectivity index (χ2n) is 7.62. The monoisotopic (exact) mass is 366 g/mol. The van der Waals surface area contributed by atoms with E-state index in [4.69, 9.17) is 9.47 Å². The maximum atomic E-state index is 5.92. The third-order valence-electron chi connectivity index (χ3n) is 5.50. The van der Waals surface area contributed by atoms with E-state index in [1.54, 1.807) is 7.11 Å². The molecule has 5 heteroatoms. The summed E-state index contributed by atoms with van der Waals surface area (Å²) in [5.41, 5.74) is 0. The van der Waals surface area contributed by atoms with Gasteiger partial charge in [-0.2, -0.15) is 0 Å². The first-order chi connectivity index (χ1) is 12.2. The molecular formula is C20H34N2O2S. The molecule has 2 saturated heterocycles. The quantitative estimate of drug-likeness (QED) is 0.669. The average molecular weight is 367 g/mol. The summed E-state index contributed by atoms with van der Waals surface area (Å²) >= 11 is 1.94. The Morgan fingerprint density at radius 3 is 2.72 bits per heavy atom. The minimum atomic E-state index is 0.447. The van der Waals surface area contributed by atoms with Crippen molar-refractivity contribution in [3.8, 4) is 0 Å². The van der Waals surface area contributed by atoms with E-state index < -0.39 is 0 Å². The van der Waals surface area contributed by atoms with Gasteiger partial charge in [-0.15, -0.1) is 11.3 Å². The lowest BCUT2D eigenvalue weighted by atomic mass is 9.96. The molecule has 3 heterocycles. The van der Waals surface area contributed by atoms with Crippen LogP contribution in [-0.4, -0.2) is 69.0 Å². The molecule has 4 nitrogen and oxygen atoms in total. The Morgan fingerprint density at radius 1 is 1.24 bits per heavy atom. The molecule has 0 aromatic carbocycles. The van der Waals surface area contributed by atoms with Gasteiger partial charge in [-0.25, -0.2) is 0 Å². The van der Waals surface area contributed by atoms with Crippen molar-refractivity contribution in [1.82, 2.24) is 9.80 Å². The van der Waals surface area contributed by atoms with Gasteiger partial charge in [0.15, 0.2) is 0 Å². The third-order valence-corrected chi connectivity index (χ3v) is 6.48. The zero-order valence-electron chi connectivity index (χ0n) is 15.9. The largest absolute Gasteiger partial charge is 0.383 e. The van der Waals surface area contributed by atoms with E-state index in [0.717, 1.165) is 38.8 Å². The molecule has 142 valence electrons. The molecule has 1 aromatic heterocycles. The number of ether oxygens (including phenoxy) is 2. The Kier molecular flexibility index (Phi) is 7.74. The number of rotatable bonds is 9. The van der Waals surface area contributed by atoms with Crippen LogP contribution in [0.1, 0.15) is 35.4 Å². The molecule has 3 rings (SSSR count). The third kappa shape index (κ3) is 6.33. The summed E-state index contributed by atoms with van der Waals surface area (Å²) in [4.78, 5) is 8.12. The lowest BCUT2D eigenvalue weighted by Crippen LogP contribution is -2.41. The van der Waals surface area contributed by atoms with Crippen LogP contribution in [0.25, 0.3) is 0 Å². The van der Waals surface area contributed by atoms with Crippen LogP contribution in [0.5, 0.6) is 0 Å². The Hall–Kier alpha value is -0.460. The van der Waals surface area contributed by atoms with Gasteiger partial charge in [-0.1, -0.05) is 0 Å². The summed E-state index contributed by atoms with van der Waals surface area (Å²) in [5, 5.41) is 0. The Bertz CT molecular complexity index is 494. The molecule has 0 aliphatic carbocycles. The number of hydrogen-bond donors (Lipinski definition) is 0. The average Bonchev–Trinajstić information content (AvgIpc) is 3.26. The van der Waals surface area contributed by atoms with E-state index in [1.165, 1.54) is 55.1 Å². The van der Waals surface area contributed by atoms with Gasteiger partial charge < -0.3 is 14.4 Å². The SMILES string of the molecule is COCCN1CCC(CN(Cc2ccc(C)s2)C[C@H]2CCCO2)CC1. The van der Waals surface area contributed by atoms with E-state index in [-0.39, 0.29) is 0 Å². The summed E-state index contributed by atoms with van der Waals surface area (Å²) in [5.74, 6) is 0.821. The standard InChI is InChI=1S/C20H34N2O2S/c1-17-5-6-20(25-17)16-22(15-19-4-3-12-24-19)14-18-7-9-21(10-8-18)11-13-23-2/h5-6,18-19H,3-4,7-16H2,1-2H3/t19-/m1/s1. The molecule has 2 aliphatic heterocycles. The minimum absolute atomic E-state index is 0.447. The van der Waals surface area contributed by atoms with Crippen molar-refractivity contribution < 1.29 is 9.47 Å². The molecule has 0 spiro atoms. The van der Waals surface area contributed by atoms with Gasteiger partial charge in [0.05, 0.1) is 12.7 Å². The number of nitrogens with zero attached hydrogens (tertiary/aromatic N) is 2. The lowest BCUT2D eigenvalue weighted by Gasteiger charge is -2.35. The predicted octanol–water partition coefficient (Wildman–Crippen LogP) is 3.40. The predicted molar refractivity (Wildman–Crippen MR) is 104 cm³/mol. The van der Waals surface area contributed by atoms with Crippen LogP contribution in [0.3, 0.4) is 0 Å². The van der Waals surface area contributed by atoms with Crippen molar-refractivity contribution in [1.29, 1.82) is 0 Å². The number of likely N-dealkylation sites (tertiary alicyclic amines) is 1. The Morgan fingerprint density at radius 2 is 2.08 bits per heavy atom. The van der Waals surface area contributed by atoms with Gasteiger partial charge >= 0.3 is 0 Å². The summed E-state index contributed by atoms with van der Waals surface area (Å²) in [6.45, 7) is 10.9. The zero-order chi connectivity index (χ0) is 17.5. The molecule has 2 fully saturated rings. The first-order valence-corrected chi connectivity index (χ1v) is 10.6. The highest BCUT2D eigenvalue weighted by atomic mass is 32.1. The lowest BCUT2D eigenvalue weighted by molar-refractivity contribution is 0.0555. The van der Waals surface area contributed by atoms with E-state index in [2.05, 4.69) is 28.9 Å². The second kappa shape index (κ2) is 10.0. The summed E-state index contributed by atoms with van der Waals surface area (Å²) in [6.07, 6.45) is 5.54. The molecule has 2 aliphatic rings. The first kappa shape index (κ1) is 19.3. The van der Waals surface area contributed by atoms with E-state index in [0.29, 0.717) is 6.10 Å². The molecule has 0 radical (unpaired) electrons. The van der Waals surface area contributed by atoms with Gasteiger partial charge in [-0.05, 0) is 63.7 Å². The maximum absolute atomic E-state index is 5.92. The van der Waals surface area contributed by atoms with Crippen LogP contribution < -0.4 is 0 Å². The van der Waals surface area contributed by atoms with Crippen LogP contribution >= 0.6 is 11.3 Å². The van der Waals surface area contributed by atoms with E-state index >= 15 is 0 Å². The molecule has 0 bridgehead atoms. The Labute approximate surface area is 157 Å². The van der Waals surface area contributed by atoms with Gasteiger partial charge in [-0.3, -0.25) is 4.90 Å². The Balaban J connectivity index is 1.50. The van der Waals surface area contributed by atoms with Crippen LogP contribution in [0, 0.1) is 12.8 Å². The normalized spacial score (nSPS) is 22.9. The van der Waals surface area contributed by atoms with Crippen molar-refractivity contribution in [2.24, 2.45) is 5.92 Å². The maximum Gasteiger partial charge on any atom is 0.0702 e. The fraction of sp³-hybridized carbons (Fsp3) is 0.800. The summed E-state index contributed by atoms with van der Waals surface area (Å²) in [6, 6.07) is 4.55. The fourth-order valence-electron chi connectivity index (χ4n) is 4.05. The van der Waals surface area contributed by atoms with Crippen molar-refractivity contribution in [3.05, 3.63) is 21.9 Å². The number of thiophene rings is 1. The highest BCUT2D eigenvalue weighted by Crippen LogP contribution is 2.23. The van der Waals surface area contributed by atoms with Crippen LogP contribution in [-0.2, 0) is 16.0 Å². The van der Waals surface area contributed by atoms with Crippen molar-refractivity contribution >= 4 is 11.3 Å². The minimum Gasteiger partial charge on any atom is -0.383 e. The van der Waals surface area contributed by atoms with E-state index in [9.17, 15) is 0 Å². The molecule has 1 atom stereocenters. The smallest absolute Gasteiger partial charge is 0.0702 e. The van der Waals surface area contributed by atoms with Gasteiger partial charge in [0.2, 0.25) is 0 Å². The van der Waals surface area contributed by atoms with Crippen molar-refractivity contribution in [2.75, 3.05) is 53.0 Å². The van der Waals surface area contributed by atoms with E-state index in [1.807, 2.05) is 11.3 Å². The molecule has 0 unspecified atom stereocenters. The molecule has 25 heavy (non-hydrogen) atoms. The number of aryl methyl sites for hydroxylation is 1. The zero-order valence-corrected chi connectivity index (χ0v) is 16.7. The van der Waals surface area contributed by atoms with Gasteiger partial charge in [0, 0.05) is 49.6 Å². The van der Waals surface area contributed by atoms with Gasteiger partial charge in [0.1, 0.15) is 0 Å². The molecule has 0 saturated carbocycles. The molecular weight excluding hydrogens is 332 g/mol. The molecule has 0 amide bonds. The second-order valence-corrected chi connectivity index (χ2v) is 8.99. The topological polar surface area (TPSA) is 24.9 Å². The van der Waals surface area contributed by atoms with Crippen LogP contribution in [0.4, 0.5) is 0 Å². The molecule has 0 N–H and O–H groups in total. The van der Waals surface area contributed by atoms with Gasteiger partial charge in [0.25, 0.3) is 0 Å². The highest BCUT2D eigenvalue weighted by Gasteiger charge is 2.24. The first-order valence-electron chi connectivity index (χ1n) is 9.83. The summed E-state index contributed by atoms with van der Waals surface area (Å²) in [7, 11) is 1.79. The van der Waals surface area contributed by atoms with Crippen molar-refractivity contribution in [2.45, 2.75) is 45.3 Å². The van der Waals surface area contributed by atoms with Crippen LogP contribution in [0.2, 0.25) is 0 Å². The van der Waals surface area contributed by atoms with Crippen LogP contribution in [0.15, 0.2) is 12.1 Å². The number of piperidine rings is 1. The summed E-state index contributed by atoms with van der Waals surface area (Å²) < 4.78 is 11.1. The molecule has 1 aromatic rings. The number of hydrogen-bond acceptors (Lipinski definition) is 5. The van der Waals surface area contributed by atoms with Crippen molar-refractivity contribution in [3.63, 3.8) is 0 Å². The fourth-order valence-corrected chi connectivity index (χ4v) is 4.98.